The fraction of sp³-hybridized carbons (Fsp3) is 0.167. The molecule has 1 heterocycles. The van der Waals surface area contributed by atoms with Crippen molar-refractivity contribution >= 4 is 23.0 Å². The Bertz CT molecular complexity index is 799. The molecule has 1 aromatic carbocycles. The molecule has 0 saturated carbocycles. The van der Waals surface area contributed by atoms with Crippen molar-refractivity contribution in [3.8, 4) is 5.75 Å². The molecule has 1 aromatic heterocycles. The van der Waals surface area contributed by atoms with E-state index in [1.807, 2.05) is 0 Å². The summed E-state index contributed by atoms with van der Waals surface area (Å²) in [6, 6.07) is 3.60. The van der Waals surface area contributed by atoms with Crippen molar-refractivity contribution in [1.82, 2.24) is 9.78 Å². The number of benzene rings is 1. The monoisotopic (exact) mass is 321 g/mol. The minimum Gasteiger partial charge on any atom is -0.495 e. The van der Waals surface area contributed by atoms with Gasteiger partial charge in [-0.3, -0.25) is 29.7 Å². The van der Waals surface area contributed by atoms with E-state index in [1.165, 1.54) is 26.3 Å². The predicted molar refractivity (Wildman–Crippen MR) is 77.5 cm³/mol. The van der Waals surface area contributed by atoms with Crippen molar-refractivity contribution in [2.75, 3.05) is 12.4 Å². The summed E-state index contributed by atoms with van der Waals surface area (Å²) in [5, 5.41) is 27.8. The molecule has 11 heteroatoms. The average Bonchev–Trinajstić information content (AvgIpc) is 2.89. The highest BCUT2D eigenvalue weighted by atomic mass is 16.6. The third-order valence-electron chi connectivity index (χ3n) is 2.86. The van der Waals surface area contributed by atoms with Crippen molar-refractivity contribution in [3.63, 3.8) is 0 Å². The molecule has 0 aliphatic carbocycles. The minimum absolute atomic E-state index is 0.00616. The van der Waals surface area contributed by atoms with E-state index in [4.69, 9.17) is 4.74 Å². The lowest BCUT2D eigenvalue weighted by atomic mass is 10.2. The van der Waals surface area contributed by atoms with Crippen LogP contribution in [0.2, 0.25) is 0 Å². The summed E-state index contributed by atoms with van der Waals surface area (Å²) in [7, 11) is 2.75. The molecule has 1 amide bonds. The molecule has 23 heavy (non-hydrogen) atoms. The number of aromatic nitrogens is 2. The number of nitrogens with zero attached hydrogens (tertiary/aromatic N) is 4. The maximum Gasteiger partial charge on any atom is 0.320 e. The molecule has 0 aliphatic heterocycles. The summed E-state index contributed by atoms with van der Waals surface area (Å²) in [5.41, 5.74) is -1.15. The van der Waals surface area contributed by atoms with E-state index >= 15 is 0 Å². The zero-order valence-corrected chi connectivity index (χ0v) is 12.0. The third-order valence-corrected chi connectivity index (χ3v) is 2.86. The second kappa shape index (κ2) is 6.09. The fourth-order valence-electron chi connectivity index (χ4n) is 1.86. The van der Waals surface area contributed by atoms with Crippen LogP contribution in [0.25, 0.3) is 0 Å². The van der Waals surface area contributed by atoms with Gasteiger partial charge in [0.25, 0.3) is 11.6 Å². The molecule has 0 aliphatic rings. The SMILES string of the molecule is COc1ccc([N+](=O)[O-])cc1NC(=O)c1nn(C)cc1[N+](=O)[O-]. The number of ether oxygens (including phenoxy) is 1. The molecule has 0 bridgehead atoms. The molecule has 2 rings (SSSR count). The predicted octanol–water partition coefficient (Wildman–Crippen LogP) is 1.50. The first-order valence-electron chi connectivity index (χ1n) is 6.15. The van der Waals surface area contributed by atoms with Crippen LogP contribution in [0.3, 0.4) is 0 Å². The van der Waals surface area contributed by atoms with Crippen molar-refractivity contribution in [2.45, 2.75) is 0 Å². The molecule has 0 unspecified atom stereocenters. The van der Waals surface area contributed by atoms with E-state index in [9.17, 15) is 25.0 Å². The summed E-state index contributed by atoms with van der Waals surface area (Å²) in [5.74, 6) is -0.710. The number of methoxy groups -OCH3 is 1. The number of rotatable bonds is 5. The molecule has 0 fully saturated rings. The first-order chi connectivity index (χ1) is 10.8. The summed E-state index contributed by atoms with van der Waals surface area (Å²) < 4.78 is 6.13. The van der Waals surface area contributed by atoms with Crippen LogP contribution in [-0.2, 0) is 7.05 Å². The van der Waals surface area contributed by atoms with Crippen LogP contribution < -0.4 is 10.1 Å². The lowest BCUT2D eigenvalue weighted by molar-refractivity contribution is -0.385. The zero-order chi connectivity index (χ0) is 17.1. The Morgan fingerprint density at radius 1 is 1.30 bits per heavy atom. The highest BCUT2D eigenvalue weighted by Crippen LogP contribution is 2.29. The summed E-state index contributed by atoms with van der Waals surface area (Å²) in [6.07, 6.45) is 1.08. The van der Waals surface area contributed by atoms with Gasteiger partial charge in [-0.05, 0) is 6.07 Å². The smallest absolute Gasteiger partial charge is 0.320 e. The number of hydrogen-bond donors (Lipinski definition) is 1. The van der Waals surface area contributed by atoms with Gasteiger partial charge in [0, 0.05) is 19.2 Å². The van der Waals surface area contributed by atoms with E-state index in [0.29, 0.717) is 0 Å². The number of aryl methyl sites for hydroxylation is 1. The van der Waals surface area contributed by atoms with Crippen LogP contribution in [0, 0.1) is 20.2 Å². The number of anilines is 1. The molecule has 1 N–H and O–H groups in total. The Kier molecular flexibility index (Phi) is 4.21. The second-order valence-electron chi connectivity index (χ2n) is 4.39. The van der Waals surface area contributed by atoms with Gasteiger partial charge in [-0.2, -0.15) is 5.10 Å². The first-order valence-corrected chi connectivity index (χ1v) is 6.15. The van der Waals surface area contributed by atoms with Gasteiger partial charge in [0.1, 0.15) is 11.9 Å². The Balaban J connectivity index is 2.38. The van der Waals surface area contributed by atoms with Gasteiger partial charge < -0.3 is 10.1 Å². The van der Waals surface area contributed by atoms with E-state index < -0.39 is 27.1 Å². The van der Waals surface area contributed by atoms with Crippen molar-refractivity contribution in [2.24, 2.45) is 7.05 Å². The molecule has 0 spiro atoms. The van der Waals surface area contributed by atoms with E-state index in [2.05, 4.69) is 10.4 Å². The largest absolute Gasteiger partial charge is 0.495 e. The molecule has 11 nitrogen and oxygen atoms in total. The van der Waals surface area contributed by atoms with Gasteiger partial charge in [0.05, 0.1) is 22.6 Å². The summed E-state index contributed by atoms with van der Waals surface area (Å²) >= 11 is 0. The molecule has 0 saturated heterocycles. The number of nitro groups is 2. The maximum atomic E-state index is 12.2. The topological polar surface area (TPSA) is 142 Å². The highest BCUT2D eigenvalue weighted by molar-refractivity contribution is 6.06. The number of amides is 1. The quantitative estimate of drug-likeness (QED) is 0.649. The molecule has 2 aromatic rings. The third kappa shape index (κ3) is 3.23. The number of nitro benzene ring substituents is 1. The van der Waals surface area contributed by atoms with Gasteiger partial charge in [-0.25, -0.2) is 0 Å². The average molecular weight is 321 g/mol. The fourth-order valence-corrected chi connectivity index (χ4v) is 1.86. The Morgan fingerprint density at radius 2 is 2.00 bits per heavy atom. The molecule has 0 radical (unpaired) electrons. The van der Waals surface area contributed by atoms with Crippen LogP contribution in [0.4, 0.5) is 17.1 Å². The number of nitrogens with one attached hydrogen (secondary N) is 1. The van der Waals surface area contributed by atoms with Gasteiger partial charge >= 0.3 is 5.69 Å². The minimum atomic E-state index is -0.879. The second-order valence-corrected chi connectivity index (χ2v) is 4.39. The van der Waals surface area contributed by atoms with Crippen LogP contribution in [0.15, 0.2) is 24.4 Å². The number of non-ortho nitro benzene ring substituents is 1. The number of carbonyl (C=O) groups is 1. The van der Waals surface area contributed by atoms with E-state index in [-0.39, 0.29) is 17.1 Å². The van der Waals surface area contributed by atoms with Crippen LogP contribution >= 0.6 is 0 Å². The van der Waals surface area contributed by atoms with Gasteiger partial charge in [0.2, 0.25) is 5.69 Å². The molecule has 0 atom stereocenters. The number of hydrogen-bond acceptors (Lipinski definition) is 7. The first kappa shape index (κ1) is 15.9. The normalized spacial score (nSPS) is 10.2. The molecule has 120 valence electrons. The van der Waals surface area contributed by atoms with Crippen molar-refractivity contribution in [1.29, 1.82) is 0 Å². The highest BCUT2D eigenvalue weighted by Gasteiger charge is 2.26. The molecular formula is C12H11N5O6. The Hall–Kier alpha value is -3.50. The lowest BCUT2D eigenvalue weighted by Crippen LogP contribution is -2.15. The van der Waals surface area contributed by atoms with Crippen molar-refractivity contribution in [3.05, 3.63) is 50.3 Å². The van der Waals surface area contributed by atoms with Gasteiger partial charge in [-0.15, -0.1) is 0 Å². The number of carbonyl (C=O) groups excluding carboxylic acids is 1. The van der Waals surface area contributed by atoms with Crippen LogP contribution in [0.1, 0.15) is 10.5 Å². The van der Waals surface area contributed by atoms with E-state index in [0.717, 1.165) is 16.9 Å². The Labute approximate surface area is 128 Å². The summed E-state index contributed by atoms with van der Waals surface area (Å²) in [6.45, 7) is 0. The van der Waals surface area contributed by atoms with Gasteiger partial charge in [0.15, 0.2) is 0 Å². The molecular weight excluding hydrogens is 310 g/mol. The lowest BCUT2D eigenvalue weighted by Gasteiger charge is -2.08. The van der Waals surface area contributed by atoms with Crippen LogP contribution in [0.5, 0.6) is 5.75 Å². The van der Waals surface area contributed by atoms with Crippen molar-refractivity contribution < 1.29 is 19.4 Å². The van der Waals surface area contributed by atoms with E-state index in [1.54, 1.807) is 0 Å². The zero-order valence-electron chi connectivity index (χ0n) is 12.0. The maximum absolute atomic E-state index is 12.2. The van der Waals surface area contributed by atoms with Crippen LogP contribution in [-0.4, -0.2) is 32.6 Å². The Morgan fingerprint density at radius 3 is 2.57 bits per heavy atom. The summed E-state index contributed by atoms with van der Waals surface area (Å²) in [4.78, 5) is 32.5. The van der Waals surface area contributed by atoms with Gasteiger partial charge in [-0.1, -0.05) is 0 Å². The standard InChI is InChI=1S/C12H11N5O6/c1-15-6-9(17(21)22)11(14-15)12(18)13-8-5-7(16(19)20)3-4-10(8)23-2/h3-6H,1-2H3,(H,13,18).